The van der Waals surface area contributed by atoms with Crippen LogP contribution in [-0.4, -0.2) is 18.6 Å². The Morgan fingerprint density at radius 1 is 1.31 bits per heavy atom. The summed E-state index contributed by atoms with van der Waals surface area (Å²) in [5.41, 5.74) is 0.521. The first-order chi connectivity index (χ1) is 7.37. The van der Waals surface area contributed by atoms with E-state index in [2.05, 4.69) is 13.5 Å². The van der Waals surface area contributed by atoms with Gasteiger partial charge in [-0.25, -0.2) is 4.79 Å². The maximum atomic E-state index is 11.4. The van der Waals surface area contributed by atoms with Gasteiger partial charge in [0.25, 0.3) is 0 Å². The van der Waals surface area contributed by atoms with Crippen molar-refractivity contribution in [3.8, 4) is 0 Å². The molecule has 0 saturated heterocycles. The van der Waals surface area contributed by atoms with Crippen molar-refractivity contribution >= 4 is 45.2 Å². The van der Waals surface area contributed by atoms with Crippen molar-refractivity contribution in [1.29, 1.82) is 0 Å². The number of hydrogen-bond donors (Lipinski definition) is 0. The first-order valence-electron chi connectivity index (χ1n) is 5.28. The molecule has 0 aromatic heterocycles. The molecule has 0 N–H and O–H groups in total. The molecule has 0 radical (unpaired) electrons. The molecule has 0 atom stereocenters. The molecule has 0 aliphatic heterocycles. The van der Waals surface area contributed by atoms with Crippen LogP contribution in [0.4, 0.5) is 0 Å². The SMILES string of the molecule is C=C(CCCC)C(=O)OCCC[Si](Cl)(Cl)Cl. The predicted molar refractivity (Wildman–Crippen MR) is 72.4 cm³/mol. The summed E-state index contributed by atoms with van der Waals surface area (Å²) in [4.78, 5) is 11.4. The second-order valence-electron chi connectivity index (χ2n) is 3.56. The standard InChI is InChI=1S/C10H17Cl3O2Si/c1-3-4-6-9(2)10(14)15-7-5-8-16(11,12)13/h2-8H2,1H3. The van der Waals surface area contributed by atoms with E-state index in [0.717, 1.165) is 12.8 Å². The largest absolute Gasteiger partial charge is 0.462 e. The Bertz CT molecular complexity index is 239. The topological polar surface area (TPSA) is 26.3 Å². The lowest BCUT2D eigenvalue weighted by atomic mass is 10.1. The van der Waals surface area contributed by atoms with Crippen LogP contribution < -0.4 is 0 Å². The molecule has 0 amide bonds. The van der Waals surface area contributed by atoms with E-state index in [1.165, 1.54) is 0 Å². The average Bonchev–Trinajstić information content (AvgIpc) is 2.19. The minimum atomic E-state index is -2.57. The fourth-order valence-electron chi connectivity index (χ4n) is 1.03. The fourth-order valence-corrected chi connectivity index (χ4v) is 2.78. The van der Waals surface area contributed by atoms with Gasteiger partial charge in [0, 0.05) is 5.57 Å². The van der Waals surface area contributed by atoms with Gasteiger partial charge in [0.1, 0.15) is 0 Å². The molecule has 0 aliphatic rings. The Hall–Kier alpha value is 0.297. The van der Waals surface area contributed by atoms with Crippen LogP contribution >= 0.6 is 33.2 Å². The Balaban J connectivity index is 3.61. The molecule has 0 unspecified atom stereocenters. The molecule has 0 aliphatic carbocycles. The summed E-state index contributed by atoms with van der Waals surface area (Å²) in [5, 5.41) is 0. The summed E-state index contributed by atoms with van der Waals surface area (Å²) in [6.45, 7) is 6.03. The van der Waals surface area contributed by atoms with Gasteiger partial charge in [-0.15, -0.1) is 33.2 Å². The Labute approximate surface area is 112 Å². The monoisotopic (exact) mass is 302 g/mol. The molecule has 0 rings (SSSR count). The van der Waals surface area contributed by atoms with Gasteiger partial charge in [-0.05, 0) is 25.3 Å². The second kappa shape index (κ2) is 8.40. The highest BCUT2D eigenvalue weighted by Crippen LogP contribution is 2.26. The van der Waals surface area contributed by atoms with Crippen LogP contribution in [0.1, 0.15) is 32.6 Å². The molecule has 6 heteroatoms. The average molecular weight is 304 g/mol. The van der Waals surface area contributed by atoms with Gasteiger partial charge in [-0.2, -0.15) is 0 Å². The Morgan fingerprint density at radius 2 is 1.94 bits per heavy atom. The van der Waals surface area contributed by atoms with E-state index >= 15 is 0 Å². The number of carbonyl (C=O) groups is 1. The summed E-state index contributed by atoms with van der Waals surface area (Å²) in [6, 6.07) is -2.07. The zero-order valence-electron chi connectivity index (χ0n) is 9.40. The van der Waals surface area contributed by atoms with Crippen molar-refractivity contribution in [2.45, 2.75) is 38.7 Å². The van der Waals surface area contributed by atoms with Crippen molar-refractivity contribution < 1.29 is 9.53 Å². The fraction of sp³-hybridized carbons (Fsp3) is 0.700. The summed E-state index contributed by atoms with van der Waals surface area (Å²) in [6.07, 6.45) is 3.27. The van der Waals surface area contributed by atoms with Crippen LogP contribution in [0.3, 0.4) is 0 Å². The maximum absolute atomic E-state index is 11.4. The minimum absolute atomic E-state index is 0.297. The van der Waals surface area contributed by atoms with Crippen LogP contribution in [0.2, 0.25) is 6.04 Å². The molecule has 0 saturated carbocycles. The molecule has 0 spiro atoms. The van der Waals surface area contributed by atoms with Gasteiger partial charge in [0.15, 0.2) is 0 Å². The number of rotatable bonds is 8. The zero-order valence-corrected chi connectivity index (χ0v) is 12.7. The smallest absolute Gasteiger partial charge is 0.341 e. The molecule has 16 heavy (non-hydrogen) atoms. The summed E-state index contributed by atoms with van der Waals surface area (Å²) >= 11 is 17.1. The maximum Gasteiger partial charge on any atom is 0.341 e. The normalized spacial score (nSPS) is 11.2. The van der Waals surface area contributed by atoms with E-state index in [4.69, 9.17) is 38.0 Å². The van der Waals surface area contributed by atoms with E-state index in [0.29, 0.717) is 31.1 Å². The molecule has 0 heterocycles. The van der Waals surface area contributed by atoms with E-state index < -0.39 is 6.00 Å². The number of hydrogen-bond acceptors (Lipinski definition) is 2. The molecule has 0 fully saturated rings. The molecule has 0 bridgehead atoms. The van der Waals surface area contributed by atoms with Gasteiger partial charge >= 0.3 is 12.0 Å². The highest BCUT2D eigenvalue weighted by molar-refractivity contribution is 7.64. The number of carbonyl (C=O) groups excluding carboxylic acids is 1. The first kappa shape index (κ1) is 16.3. The minimum Gasteiger partial charge on any atom is -0.462 e. The quantitative estimate of drug-likeness (QED) is 0.219. The van der Waals surface area contributed by atoms with Crippen LogP contribution in [0.5, 0.6) is 0 Å². The van der Waals surface area contributed by atoms with Crippen molar-refractivity contribution in [2.75, 3.05) is 6.61 Å². The van der Waals surface area contributed by atoms with Gasteiger partial charge in [-0.3, -0.25) is 0 Å². The first-order valence-corrected chi connectivity index (χ1v) is 10.5. The highest BCUT2D eigenvalue weighted by Gasteiger charge is 2.24. The molecule has 0 aromatic carbocycles. The van der Waals surface area contributed by atoms with Crippen molar-refractivity contribution in [3.05, 3.63) is 12.2 Å². The summed E-state index contributed by atoms with van der Waals surface area (Å²) in [5.74, 6) is -0.334. The lowest BCUT2D eigenvalue weighted by Gasteiger charge is -2.09. The molecule has 2 nitrogen and oxygen atoms in total. The lowest BCUT2D eigenvalue weighted by Crippen LogP contribution is -2.13. The van der Waals surface area contributed by atoms with E-state index in [9.17, 15) is 4.79 Å². The summed E-state index contributed by atoms with van der Waals surface area (Å²) in [7, 11) is 0. The number of esters is 1. The third kappa shape index (κ3) is 9.52. The van der Waals surface area contributed by atoms with E-state index in [-0.39, 0.29) is 5.97 Å². The number of halogens is 3. The van der Waals surface area contributed by atoms with Gasteiger partial charge < -0.3 is 4.74 Å². The number of ether oxygens (including phenoxy) is 1. The van der Waals surface area contributed by atoms with Crippen LogP contribution in [0, 0.1) is 0 Å². The van der Waals surface area contributed by atoms with Crippen LogP contribution in [0.15, 0.2) is 12.2 Å². The number of unbranched alkanes of at least 4 members (excludes halogenated alkanes) is 1. The molecule has 0 aromatic rings. The zero-order chi connectivity index (χ0) is 12.6. The molecular formula is C10H17Cl3O2Si. The Kier molecular flexibility index (Phi) is 8.55. The van der Waals surface area contributed by atoms with Gasteiger partial charge in [0.05, 0.1) is 6.61 Å². The Morgan fingerprint density at radius 3 is 2.44 bits per heavy atom. The predicted octanol–water partition coefficient (Wildman–Crippen LogP) is 4.32. The van der Waals surface area contributed by atoms with Crippen LogP contribution in [-0.2, 0) is 9.53 Å². The van der Waals surface area contributed by atoms with Crippen molar-refractivity contribution in [2.24, 2.45) is 0 Å². The van der Waals surface area contributed by atoms with Crippen molar-refractivity contribution in [1.82, 2.24) is 0 Å². The molecule has 94 valence electrons. The second-order valence-corrected chi connectivity index (χ2v) is 12.8. The summed E-state index contributed by atoms with van der Waals surface area (Å²) < 4.78 is 5.00. The van der Waals surface area contributed by atoms with Gasteiger partial charge in [0.2, 0.25) is 0 Å². The van der Waals surface area contributed by atoms with Gasteiger partial charge in [-0.1, -0.05) is 19.9 Å². The third-order valence-electron chi connectivity index (χ3n) is 1.96. The third-order valence-corrected chi connectivity index (χ3v) is 4.58. The molecular weight excluding hydrogens is 287 g/mol. The van der Waals surface area contributed by atoms with E-state index in [1.807, 2.05) is 0 Å². The van der Waals surface area contributed by atoms with Crippen LogP contribution in [0.25, 0.3) is 0 Å². The highest BCUT2D eigenvalue weighted by atomic mass is 35.8. The van der Waals surface area contributed by atoms with E-state index in [1.54, 1.807) is 0 Å². The lowest BCUT2D eigenvalue weighted by molar-refractivity contribution is -0.139. The van der Waals surface area contributed by atoms with Crippen molar-refractivity contribution in [3.63, 3.8) is 0 Å².